The molecule has 0 saturated carbocycles. The molecule has 0 saturated heterocycles. The number of rotatable bonds is 6. The van der Waals surface area contributed by atoms with E-state index in [-0.39, 0.29) is 12.0 Å². The van der Waals surface area contributed by atoms with Crippen LogP contribution < -0.4 is 9.80 Å². The third-order valence-electron chi connectivity index (χ3n) is 11.2. The molecule has 55 heavy (non-hydrogen) atoms. The Bertz CT molecular complexity index is 2940. The standard InChI is InChI=1S/C51H35N3O/c1-2-14-38(15-3-1)54-48-20-9-8-18-45(48)46-31-30-41(33-49(46)54)53(39-26-21-36(22-27-39)43-19-10-13-34-11-4-6-16-42(34)43)40-28-23-37(24-29-40)51-52-47-32-25-35-12-5-7-17-44(35)50(47)55-51/h1-33,46,49H. The van der Waals surface area contributed by atoms with Crippen LogP contribution in [0.3, 0.4) is 0 Å². The lowest BCUT2D eigenvalue weighted by molar-refractivity contribution is 0.623. The molecule has 4 heteroatoms. The highest BCUT2D eigenvalue weighted by Crippen LogP contribution is 2.49. The quantitative estimate of drug-likeness (QED) is 0.172. The van der Waals surface area contributed by atoms with Crippen molar-refractivity contribution in [2.75, 3.05) is 9.80 Å². The molecule has 4 nitrogen and oxygen atoms in total. The number of allylic oxidation sites excluding steroid dienone is 1. The predicted molar refractivity (Wildman–Crippen MR) is 227 cm³/mol. The lowest BCUT2D eigenvalue weighted by Gasteiger charge is -2.34. The predicted octanol–water partition coefficient (Wildman–Crippen LogP) is 13.4. The van der Waals surface area contributed by atoms with Crippen LogP contribution in [0.5, 0.6) is 0 Å². The van der Waals surface area contributed by atoms with Gasteiger partial charge in [-0.15, -0.1) is 0 Å². The van der Waals surface area contributed by atoms with E-state index in [0.717, 1.165) is 44.5 Å². The molecule has 2 atom stereocenters. The van der Waals surface area contributed by atoms with E-state index in [1.807, 2.05) is 12.1 Å². The van der Waals surface area contributed by atoms with Crippen molar-refractivity contribution in [1.29, 1.82) is 0 Å². The zero-order valence-electron chi connectivity index (χ0n) is 30.0. The summed E-state index contributed by atoms with van der Waals surface area (Å²) in [5.41, 5.74) is 12.1. The van der Waals surface area contributed by atoms with E-state index < -0.39 is 0 Å². The molecule has 0 N–H and O–H groups in total. The second kappa shape index (κ2) is 12.8. The monoisotopic (exact) mass is 705 g/mol. The first-order valence-corrected chi connectivity index (χ1v) is 18.9. The second-order valence-corrected chi connectivity index (χ2v) is 14.3. The van der Waals surface area contributed by atoms with Crippen LogP contribution in [0, 0.1) is 0 Å². The molecule has 0 amide bonds. The Hall–Kier alpha value is -7.17. The molecule has 0 spiro atoms. The number of hydrogen-bond acceptors (Lipinski definition) is 4. The summed E-state index contributed by atoms with van der Waals surface area (Å²) in [6.07, 6.45) is 7.12. The van der Waals surface area contributed by atoms with Crippen molar-refractivity contribution in [1.82, 2.24) is 4.98 Å². The van der Waals surface area contributed by atoms with E-state index in [4.69, 9.17) is 9.40 Å². The molecule has 1 aromatic heterocycles. The number of nitrogens with zero attached hydrogens (tertiary/aromatic N) is 3. The van der Waals surface area contributed by atoms with Crippen molar-refractivity contribution < 1.29 is 4.42 Å². The maximum Gasteiger partial charge on any atom is 0.227 e. The van der Waals surface area contributed by atoms with E-state index in [0.29, 0.717) is 5.89 Å². The highest BCUT2D eigenvalue weighted by molar-refractivity contribution is 6.03. The first-order valence-electron chi connectivity index (χ1n) is 18.9. The number of anilines is 4. The van der Waals surface area contributed by atoms with Crippen LogP contribution in [0.25, 0.3) is 55.2 Å². The van der Waals surface area contributed by atoms with E-state index in [1.165, 1.54) is 38.8 Å². The van der Waals surface area contributed by atoms with Crippen molar-refractivity contribution in [3.05, 3.63) is 211 Å². The zero-order valence-corrected chi connectivity index (χ0v) is 30.0. The SMILES string of the molecule is C1=CC2c3ccccc3N(c3ccccc3)C2C=C1N(c1ccc(-c2nc3ccc4ccccc4c3o2)cc1)c1ccc(-c2cccc3ccccc23)cc1. The summed E-state index contributed by atoms with van der Waals surface area (Å²) in [4.78, 5) is 9.76. The fourth-order valence-electron chi connectivity index (χ4n) is 8.62. The van der Waals surface area contributed by atoms with E-state index >= 15 is 0 Å². The summed E-state index contributed by atoms with van der Waals surface area (Å²) in [6, 6.07) is 64.9. The minimum absolute atomic E-state index is 0.117. The summed E-state index contributed by atoms with van der Waals surface area (Å²) in [6.45, 7) is 0. The number of para-hydroxylation sites is 2. The van der Waals surface area contributed by atoms with Crippen LogP contribution in [0.2, 0.25) is 0 Å². The molecule has 2 aliphatic rings. The molecule has 0 radical (unpaired) electrons. The van der Waals surface area contributed by atoms with Crippen molar-refractivity contribution in [3.63, 3.8) is 0 Å². The molecular formula is C51H35N3O. The molecule has 260 valence electrons. The van der Waals surface area contributed by atoms with Gasteiger partial charge < -0.3 is 14.2 Å². The van der Waals surface area contributed by atoms with Gasteiger partial charge in [-0.25, -0.2) is 4.98 Å². The smallest absolute Gasteiger partial charge is 0.227 e. The fraction of sp³-hybridized carbons (Fsp3) is 0.0392. The summed E-state index contributed by atoms with van der Waals surface area (Å²) in [5.74, 6) is 0.860. The van der Waals surface area contributed by atoms with Crippen LogP contribution >= 0.6 is 0 Å². The highest BCUT2D eigenvalue weighted by Gasteiger charge is 2.39. The summed E-state index contributed by atoms with van der Waals surface area (Å²) in [7, 11) is 0. The van der Waals surface area contributed by atoms with Gasteiger partial charge in [-0.1, -0.05) is 127 Å². The Labute approximate surface area is 319 Å². The van der Waals surface area contributed by atoms with Crippen molar-refractivity contribution in [3.8, 4) is 22.6 Å². The average Bonchev–Trinajstić information content (AvgIpc) is 3.84. The third kappa shape index (κ3) is 5.25. The molecule has 11 rings (SSSR count). The lowest BCUT2D eigenvalue weighted by atomic mass is 9.90. The molecule has 0 fully saturated rings. The Morgan fingerprint density at radius 2 is 1.20 bits per heavy atom. The summed E-state index contributed by atoms with van der Waals surface area (Å²) >= 11 is 0. The van der Waals surface area contributed by atoms with Gasteiger partial charge in [-0.3, -0.25) is 0 Å². The van der Waals surface area contributed by atoms with Gasteiger partial charge in [-0.05, 0) is 106 Å². The fourth-order valence-corrected chi connectivity index (χ4v) is 8.62. The first-order chi connectivity index (χ1) is 27.3. The molecule has 0 bridgehead atoms. The summed E-state index contributed by atoms with van der Waals surface area (Å²) < 4.78 is 6.43. The Balaban J connectivity index is 1.02. The number of aromatic nitrogens is 1. The Kier molecular flexibility index (Phi) is 7.27. The summed E-state index contributed by atoms with van der Waals surface area (Å²) in [5, 5.41) is 4.71. The van der Waals surface area contributed by atoms with Gasteiger partial charge >= 0.3 is 0 Å². The van der Waals surface area contributed by atoms with Crippen LogP contribution in [0.1, 0.15) is 11.5 Å². The maximum atomic E-state index is 6.43. The normalized spacial score (nSPS) is 16.0. The van der Waals surface area contributed by atoms with Crippen LogP contribution in [0.15, 0.2) is 210 Å². The number of oxazole rings is 1. The van der Waals surface area contributed by atoms with Gasteiger partial charge in [-0.2, -0.15) is 0 Å². The molecule has 9 aromatic rings. The van der Waals surface area contributed by atoms with Crippen LogP contribution in [0.4, 0.5) is 22.7 Å². The van der Waals surface area contributed by atoms with Crippen LogP contribution in [-0.2, 0) is 0 Å². The van der Waals surface area contributed by atoms with Crippen molar-refractivity contribution in [2.45, 2.75) is 12.0 Å². The Morgan fingerprint density at radius 1 is 0.545 bits per heavy atom. The van der Waals surface area contributed by atoms with Gasteiger partial charge in [0.05, 0.1) is 6.04 Å². The van der Waals surface area contributed by atoms with Gasteiger partial charge in [0, 0.05) is 45.3 Å². The third-order valence-corrected chi connectivity index (χ3v) is 11.2. The average molecular weight is 706 g/mol. The van der Waals surface area contributed by atoms with Crippen LogP contribution in [-0.4, -0.2) is 11.0 Å². The van der Waals surface area contributed by atoms with E-state index in [9.17, 15) is 0 Å². The van der Waals surface area contributed by atoms with Gasteiger partial charge in [0.15, 0.2) is 5.58 Å². The lowest BCUT2D eigenvalue weighted by Crippen LogP contribution is -2.31. The topological polar surface area (TPSA) is 32.5 Å². The first kappa shape index (κ1) is 31.4. The maximum absolute atomic E-state index is 6.43. The van der Waals surface area contributed by atoms with Gasteiger partial charge in [0.25, 0.3) is 0 Å². The molecular weight excluding hydrogens is 671 g/mol. The largest absolute Gasteiger partial charge is 0.435 e. The Morgan fingerprint density at radius 3 is 2.00 bits per heavy atom. The van der Waals surface area contributed by atoms with Gasteiger partial charge in [0.1, 0.15) is 5.52 Å². The van der Waals surface area contributed by atoms with Crippen molar-refractivity contribution >= 4 is 55.4 Å². The number of fused-ring (bicyclic) bond motifs is 7. The molecule has 2 unspecified atom stereocenters. The number of benzene rings is 8. The zero-order chi connectivity index (χ0) is 36.3. The molecule has 1 aliphatic carbocycles. The second-order valence-electron chi connectivity index (χ2n) is 14.3. The highest BCUT2D eigenvalue weighted by atomic mass is 16.3. The molecule has 8 aromatic carbocycles. The molecule has 2 heterocycles. The minimum atomic E-state index is 0.117. The van der Waals surface area contributed by atoms with E-state index in [2.05, 4.69) is 198 Å². The van der Waals surface area contributed by atoms with Gasteiger partial charge in [0.2, 0.25) is 5.89 Å². The molecule has 1 aliphatic heterocycles. The van der Waals surface area contributed by atoms with Crippen molar-refractivity contribution in [2.24, 2.45) is 0 Å². The van der Waals surface area contributed by atoms with E-state index in [1.54, 1.807) is 0 Å². The minimum Gasteiger partial charge on any atom is -0.435 e. The number of hydrogen-bond donors (Lipinski definition) is 0.